The highest BCUT2D eigenvalue weighted by Gasteiger charge is 2.17. The summed E-state index contributed by atoms with van der Waals surface area (Å²) in [7, 11) is 1.34. The second kappa shape index (κ2) is 7.52. The molecular formula is C22H18N6O3. The lowest BCUT2D eigenvalue weighted by molar-refractivity contribution is -0.116. The van der Waals surface area contributed by atoms with Gasteiger partial charge >= 0.3 is 5.97 Å². The SMILES string of the molecule is COC(=O)c1cccc(-c2nc(Nc3ccc4c(c3)NC(=O)CC4)c3[nH]ncc3n2)c1. The first kappa shape index (κ1) is 18.7. The molecule has 0 atom stereocenters. The molecule has 0 saturated carbocycles. The van der Waals surface area contributed by atoms with Crippen molar-refractivity contribution < 1.29 is 14.3 Å². The minimum Gasteiger partial charge on any atom is -0.465 e. The summed E-state index contributed by atoms with van der Waals surface area (Å²) >= 11 is 0. The first-order valence-electron chi connectivity index (χ1n) is 9.70. The third-order valence-corrected chi connectivity index (χ3v) is 5.11. The molecule has 0 aliphatic carbocycles. The van der Waals surface area contributed by atoms with Crippen LogP contribution in [-0.4, -0.2) is 39.2 Å². The van der Waals surface area contributed by atoms with Gasteiger partial charge in [0.15, 0.2) is 11.6 Å². The summed E-state index contributed by atoms with van der Waals surface area (Å²) < 4.78 is 4.80. The van der Waals surface area contributed by atoms with Gasteiger partial charge in [-0.2, -0.15) is 5.10 Å². The zero-order valence-corrected chi connectivity index (χ0v) is 16.6. The maximum Gasteiger partial charge on any atom is 0.337 e. The number of H-pyrrole nitrogens is 1. The van der Waals surface area contributed by atoms with E-state index >= 15 is 0 Å². The van der Waals surface area contributed by atoms with Crippen LogP contribution in [-0.2, 0) is 16.0 Å². The first-order valence-corrected chi connectivity index (χ1v) is 9.70. The van der Waals surface area contributed by atoms with Gasteiger partial charge in [-0.25, -0.2) is 14.8 Å². The van der Waals surface area contributed by atoms with Crippen LogP contribution in [0.15, 0.2) is 48.7 Å². The maximum atomic E-state index is 11.9. The van der Waals surface area contributed by atoms with E-state index in [2.05, 4.69) is 30.8 Å². The van der Waals surface area contributed by atoms with Crippen molar-refractivity contribution in [3.8, 4) is 11.4 Å². The van der Waals surface area contributed by atoms with Crippen molar-refractivity contribution in [2.45, 2.75) is 12.8 Å². The van der Waals surface area contributed by atoms with Gasteiger partial charge in [0.05, 0.1) is 18.9 Å². The summed E-state index contributed by atoms with van der Waals surface area (Å²) in [4.78, 5) is 32.9. The molecule has 1 aliphatic heterocycles. The number of hydrogen-bond acceptors (Lipinski definition) is 7. The lowest BCUT2D eigenvalue weighted by atomic mass is 10.0. The van der Waals surface area contributed by atoms with Crippen molar-refractivity contribution in [1.29, 1.82) is 0 Å². The van der Waals surface area contributed by atoms with Crippen molar-refractivity contribution in [3.63, 3.8) is 0 Å². The molecule has 5 rings (SSSR count). The summed E-state index contributed by atoms with van der Waals surface area (Å²) in [5.41, 5.74) is 5.02. The lowest BCUT2D eigenvalue weighted by Gasteiger charge is -2.18. The number of carbonyl (C=O) groups is 2. The van der Waals surface area contributed by atoms with Gasteiger partial charge in [0, 0.05) is 23.4 Å². The molecule has 9 heteroatoms. The van der Waals surface area contributed by atoms with E-state index < -0.39 is 5.97 Å². The molecule has 9 nitrogen and oxygen atoms in total. The van der Waals surface area contributed by atoms with Crippen LogP contribution in [0.2, 0.25) is 0 Å². The number of fused-ring (bicyclic) bond motifs is 2. The number of aromatic nitrogens is 4. The number of aryl methyl sites for hydroxylation is 1. The Bertz CT molecular complexity index is 1330. The monoisotopic (exact) mass is 414 g/mol. The van der Waals surface area contributed by atoms with E-state index in [1.807, 2.05) is 24.3 Å². The largest absolute Gasteiger partial charge is 0.465 e. The van der Waals surface area contributed by atoms with E-state index in [1.165, 1.54) is 7.11 Å². The van der Waals surface area contributed by atoms with E-state index in [9.17, 15) is 9.59 Å². The molecule has 31 heavy (non-hydrogen) atoms. The normalized spacial score (nSPS) is 12.9. The Hall–Kier alpha value is -4.27. The van der Waals surface area contributed by atoms with Gasteiger partial charge in [0.1, 0.15) is 11.0 Å². The molecule has 0 spiro atoms. The van der Waals surface area contributed by atoms with E-state index in [4.69, 9.17) is 4.74 Å². The third kappa shape index (κ3) is 3.57. The zero-order valence-electron chi connectivity index (χ0n) is 16.6. The first-order chi connectivity index (χ1) is 15.1. The highest BCUT2D eigenvalue weighted by molar-refractivity contribution is 5.95. The van der Waals surface area contributed by atoms with E-state index in [0.29, 0.717) is 40.2 Å². The van der Waals surface area contributed by atoms with Crippen LogP contribution < -0.4 is 10.6 Å². The van der Waals surface area contributed by atoms with Crippen LogP contribution in [0.1, 0.15) is 22.3 Å². The van der Waals surface area contributed by atoms with Gasteiger partial charge in [-0.1, -0.05) is 18.2 Å². The van der Waals surface area contributed by atoms with Crippen molar-refractivity contribution in [2.75, 3.05) is 17.7 Å². The number of amides is 1. The number of nitrogens with zero attached hydrogens (tertiary/aromatic N) is 3. The number of esters is 1. The number of ether oxygens (including phenoxy) is 1. The Labute approximate surface area is 176 Å². The van der Waals surface area contributed by atoms with Gasteiger partial charge < -0.3 is 15.4 Å². The second-order valence-electron chi connectivity index (χ2n) is 7.14. The van der Waals surface area contributed by atoms with Crippen LogP contribution in [0.4, 0.5) is 17.2 Å². The number of hydrogen-bond donors (Lipinski definition) is 3. The van der Waals surface area contributed by atoms with E-state index in [0.717, 1.165) is 23.4 Å². The van der Waals surface area contributed by atoms with Gasteiger partial charge in [-0.05, 0) is 36.2 Å². The molecule has 0 fully saturated rings. The number of benzene rings is 2. The average molecular weight is 414 g/mol. The Morgan fingerprint density at radius 2 is 2.03 bits per heavy atom. The predicted octanol–water partition coefficient (Wildman–Crippen LogP) is 3.43. The molecule has 4 aromatic rings. The summed E-state index contributed by atoms with van der Waals surface area (Å²) in [5, 5.41) is 13.2. The highest BCUT2D eigenvalue weighted by Crippen LogP contribution is 2.30. The molecule has 0 saturated heterocycles. The summed E-state index contributed by atoms with van der Waals surface area (Å²) in [6.07, 6.45) is 2.83. The number of nitrogens with one attached hydrogen (secondary N) is 3. The maximum absolute atomic E-state index is 11.9. The van der Waals surface area contributed by atoms with Crippen molar-refractivity contribution in [3.05, 3.63) is 59.8 Å². The fourth-order valence-electron chi connectivity index (χ4n) is 3.55. The minimum absolute atomic E-state index is 0.00965. The van der Waals surface area contributed by atoms with Crippen LogP contribution in [0.3, 0.4) is 0 Å². The van der Waals surface area contributed by atoms with Gasteiger partial charge in [-0.15, -0.1) is 0 Å². The highest BCUT2D eigenvalue weighted by atomic mass is 16.5. The average Bonchev–Trinajstić information content (AvgIpc) is 3.27. The molecule has 154 valence electrons. The molecule has 1 amide bonds. The third-order valence-electron chi connectivity index (χ3n) is 5.11. The number of rotatable bonds is 4. The zero-order chi connectivity index (χ0) is 21.4. The number of methoxy groups -OCH3 is 1. The molecule has 1 aliphatic rings. The van der Waals surface area contributed by atoms with Crippen LogP contribution in [0.25, 0.3) is 22.4 Å². The standard InChI is InChI=1S/C22H18N6O3/c1-31-22(30)14-4-2-3-13(9-14)20-26-17-11-23-28-19(17)21(27-20)24-15-7-5-12-6-8-18(29)25-16(12)10-15/h2-5,7,9-11H,6,8H2,1H3,(H,23,28)(H,25,29)(H,24,26,27). The van der Waals surface area contributed by atoms with Gasteiger partial charge in [0.25, 0.3) is 0 Å². The fraction of sp³-hybridized carbons (Fsp3) is 0.136. The van der Waals surface area contributed by atoms with Crippen molar-refractivity contribution in [1.82, 2.24) is 20.2 Å². The van der Waals surface area contributed by atoms with Crippen molar-refractivity contribution in [2.24, 2.45) is 0 Å². The van der Waals surface area contributed by atoms with Gasteiger partial charge in [-0.3, -0.25) is 9.89 Å². The van der Waals surface area contributed by atoms with Crippen LogP contribution >= 0.6 is 0 Å². The predicted molar refractivity (Wildman–Crippen MR) is 115 cm³/mol. The summed E-state index contributed by atoms with van der Waals surface area (Å²) in [6.45, 7) is 0. The van der Waals surface area contributed by atoms with E-state index in [1.54, 1.807) is 24.4 Å². The molecule has 3 heterocycles. The molecular weight excluding hydrogens is 396 g/mol. The smallest absolute Gasteiger partial charge is 0.337 e. The quantitative estimate of drug-likeness (QED) is 0.437. The molecule has 0 radical (unpaired) electrons. The summed E-state index contributed by atoms with van der Waals surface area (Å²) in [5.74, 6) is 0.549. The van der Waals surface area contributed by atoms with E-state index in [-0.39, 0.29) is 5.91 Å². The Morgan fingerprint density at radius 1 is 1.13 bits per heavy atom. The summed E-state index contributed by atoms with van der Waals surface area (Å²) in [6, 6.07) is 12.8. The topological polar surface area (TPSA) is 122 Å². The number of carbonyl (C=O) groups excluding carboxylic acids is 2. The minimum atomic E-state index is -0.430. The Balaban J connectivity index is 1.54. The van der Waals surface area contributed by atoms with Gasteiger partial charge in [0.2, 0.25) is 5.91 Å². The number of aromatic amines is 1. The molecule has 2 aromatic carbocycles. The Morgan fingerprint density at radius 3 is 2.90 bits per heavy atom. The number of anilines is 3. The van der Waals surface area contributed by atoms with Crippen LogP contribution in [0, 0.1) is 0 Å². The molecule has 0 unspecified atom stereocenters. The Kier molecular flexibility index (Phi) is 4.55. The molecule has 0 bridgehead atoms. The molecule has 2 aromatic heterocycles. The second-order valence-corrected chi connectivity index (χ2v) is 7.14. The fourth-order valence-corrected chi connectivity index (χ4v) is 3.55. The lowest BCUT2D eigenvalue weighted by Crippen LogP contribution is -2.18. The molecule has 3 N–H and O–H groups in total. The van der Waals surface area contributed by atoms with Crippen LogP contribution in [0.5, 0.6) is 0 Å². The van der Waals surface area contributed by atoms with Crippen molar-refractivity contribution >= 4 is 40.1 Å².